The van der Waals surface area contributed by atoms with Crippen LogP contribution in [0.4, 0.5) is 0 Å². The number of hydrogen-bond acceptors (Lipinski definition) is 4. The predicted molar refractivity (Wildman–Crippen MR) is 114 cm³/mol. The highest BCUT2D eigenvalue weighted by Gasteiger charge is 2.40. The number of piperidine rings is 1. The summed E-state index contributed by atoms with van der Waals surface area (Å²) >= 11 is 0. The van der Waals surface area contributed by atoms with Gasteiger partial charge in [0.15, 0.2) is 5.69 Å². The summed E-state index contributed by atoms with van der Waals surface area (Å²) in [6, 6.07) is 5.89. The highest BCUT2D eigenvalue weighted by molar-refractivity contribution is 6.05. The summed E-state index contributed by atoms with van der Waals surface area (Å²) < 4.78 is 0. The maximum atomic E-state index is 13.2. The van der Waals surface area contributed by atoms with Crippen LogP contribution in [-0.2, 0) is 11.3 Å². The molecule has 0 bridgehead atoms. The minimum atomic E-state index is -0.637. The number of rotatable bonds is 4. The first kappa shape index (κ1) is 20.1. The number of aromatic amines is 2. The number of carbonyl (C=O) groups is 2. The monoisotopic (exact) mass is 408 g/mol. The summed E-state index contributed by atoms with van der Waals surface area (Å²) in [5, 5.41) is 18.2. The quantitative estimate of drug-likeness (QED) is 0.617. The fourth-order valence-electron chi connectivity index (χ4n) is 4.26. The highest BCUT2D eigenvalue weighted by Crippen LogP contribution is 2.31. The second-order valence-corrected chi connectivity index (χ2v) is 8.61. The molecule has 30 heavy (non-hydrogen) atoms. The van der Waals surface area contributed by atoms with E-state index in [0.29, 0.717) is 25.3 Å². The van der Waals surface area contributed by atoms with E-state index in [-0.39, 0.29) is 11.8 Å². The van der Waals surface area contributed by atoms with Crippen molar-refractivity contribution >= 4 is 22.7 Å². The first-order valence-electron chi connectivity index (χ1n) is 10.3. The molecule has 1 saturated heterocycles. The smallest absolute Gasteiger partial charge is 0.275 e. The van der Waals surface area contributed by atoms with Crippen LogP contribution < -0.4 is 5.32 Å². The van der Waals surface area contributed by atoms with Gasteiger partial charge in [0.05, 0.1) is 16.6 Å². The topological polar surface area (TPSA) is 107 Å². The van der Waals surface area contributed by atoms with Gasteiger partial charge in [0.25, 0.3) is 5.91 Å². The molecule has 2 amide bonds. The number of aryl methyl sites for hydroxylation is 3. The molecule has 0 unspecified atom stereocenters. The average Bonchev–Trinajstić information content (AvgIpc) is 3.28. The third-order valence-electron chi connectivity index (χ3n) is 6.16. The van der Waals surface area contributed by atoms with Crippen LogP contribution in [0.2, 0.25) is 0 Å². The summed E-state index contributed by atoms with van der Waals surface area (Å²) in [4.78, 5) is 28.0. The fourth-order valence-corrected chi connectivity index (χ4v) is 4.26. The summed E-state index contributed by atoms with van der Waals surface area (Å²) in [7, 11) is 0. The molecule has 0 saturated carbocycles. The van der Waals surface area contributed by atoms with Crippen molar-refractivity contribution < 1.29 is 9.59 Å². The molecule has 0 spiro atoms. The van der Waals surface area contributed by atoms with Crippen molar-refractivity contribution in [3.63, 3.8) is 0 Å². The maximum Gasteiger partial charge on any atom is 0.275 e. The molecule has 3 N–H and O–H groups in total. The highest BCUT2D eigenvalue weighted by atomic mass is 16.2. The Morgan fingerprint density at radius 1 is 1.20 bits per heavy atom. The van der Waals surface area contributed by atoms with Crippen molar-refractivity contribution in [2.24, 2.45) is 5.41 Å². The van der Waals surface area contributed by atoms with Crippen LogP contribution in [0.1, 0.15) is 52.8 Å². The van der Waals surface area contributed by atoms with E-state index in [1.54, 1.807) is 4.90 Å². The molecule has 1 aromatic carbocycles. The third kappa shape index (κ3) is 3.58. The number of benzene rings is 1. The van der Waals surface area contributed by atoms with Gasteiger partial charge in [0.2, 0.25) is 5.91 Å². The van der Waals surface area contributed by atoms with Crippen LogP contribution in [0.25, 0.3) is 10.9 Å². The van der Waals surface area contributed by atoms with E-state index in [4.69, 9.17) is 0 Å². The summed E-state index contributed by atoms with van der Waals surface area (Å²) in [6.07, 6.45) is 1.52. The van der Waals surface area contributed by atoms with Gasteiger partial charge in [-0.1, -0.05) is 11.6 Å². The molecule has 1 atom stereocenters. The lowest BCUT2D eigenvalue weighted by molar-refractivity contribution is -0.132. The minimum Gasteiger partial charge on any atom is -0.351 e. The Kier molecular flexibility index (Phi) is 5.09. The summed E-state index contributed by atoms with van der Waals surface area (Å²) in [5.74, 6) is -0.171. The van der Waals surface area contributed by atoms with Crippen LogP contribution in [-0.4, -0.2) is 50.2 Å². The molecule has 1 aliphatic heterocycles. The summed E-state index contributed by atoms with van der Waals surface area (Å²) in [6.45, 7) is 9.22. The van der Waals surface area contributed by atoms with Crippen molar-refractivity contribution in [3.8, 4) is 0 Å². The Hall–Kier alpha value is -3.16. The SMILES string of the molecule is Cc1ccc2[nH]nc(C(=O)N3CCC[C@](C)(C(=O)NCc4c(C)n[nH]c4C)C3)c2c1. The standard InChI is InChI=1S/C22H28N6O2/c1-13-6-7-18-16(10-13)19(27-26-18)20(29)28-9-5-8-22(4,12-28)21(30)23-11-17-14(2)24-25-15(17)3/h6-7,10H,5,8-9,11-12H2,1-4H3,(H,23,30)(H,24,25)(H,26,27)/t22-/m0/s1. The Morgan fingerprint density at radius 2 is 2.00 bits per heavy atom. The van der Waals surface area contributed by atoms with Gasteiger partial charge in [-0.15, -0.1) is 0 Å². The number of likely N-dealkylation sites (tertiary alicyclic amines) is 1. The Morgan fingerprint density at radius 3 is 2.73 bits per heavy atom. The lowest BCUT2D eigenvalue weighted by atomic mass is 9.80. The van der Waals surface area contributed by atoms with Gasteiger partial charge in [-0.25, -0.2) is 0 Å². The zero-order chi connectivity index (χ0) is 21.5. The van der Waals surface area contributed by atoms with E-state index in [1.807, 2.05) is 45.9 Å². The van der Waals surface area contributed by atoms with Crippen molar-refractivity contribution in [3.05, 3.63) is 46.4 Å². The third-order valence-corrected chi connectivity index (χ3v) is 6.16. The zero-order valence-electron chi connectivity index (χ0n) is 17.9. The maximum absolute atomic E-state index is 13.2. The fraction of sp³-hybridized carbons (Fsp3) is 0.455. The second kappa shape index (κ2) is 7.59. The van der Waals surface area contributed by atoms with Gasteiger partial charge in [-0.05, 0) is 52.7 Å². The van der Waals surface area contributed by atoms with E-state index in [2.05, 4.69) is 25.7 Å². The molecule has 3 heterocycles. The molecule has 4 rings (SSSR count). The number of fused-ring (bicyclic) bond motifs is 1. The van der Waals surface area contributed by atoms with Crippen LogP contribution >= 0.6 is 0 Å². The Labute approximate surface area is 175 Å². The largest absolute Gasteiger partial charge is 0.351 e. The lowest BCUT2D eigenvalue weighted by Crippen LogP contribution is -2.51. The second-order valence-electron chi connectivity index (χ2n) is 8.61. The molecule has 3 aromatic rings. The Balaban J connectivity index is 1.49. The van der Waals surface area contributed by atoms with Crippen molar-refractivity contribution in [1.82, 2.24) is 30.6 Å². The van der Waals surface area contributed by atoms with Gasteiger partial charge in [-0.2, -0.15) is 10.2 Å². The van der Waals surface area contributed by atoms with Crippen molar-refractivity contribution in [1.29, 1.82) is 0 Å². The molecule has 8 heteroatoms. The van der Waals surface area contributed by atoms with E-state index in [1.165, 1.54) is 0 Å². The molecule has 158 valence electrons. The van der Waals surface area contributed by atoms with Crippen molar-refractivity contribution in [2.75, 3.05) is 13.1 Å². The number of aromatic nitrogens is 4. The van der Waals surface area contributed by atoms with Crippen LogP contribution in [0.3, 0.4) is 0 Å². The zero-order valence-corrected chi connectivity index (χ0v) is 17.9. The van der Waals surface area contributed by atoms with E-state index < -0.39 is 5.41 Å². The molecule has 0 aliphatic carbocycles. The van der Waals surface area contributed by atoms with Gasteiger partial charge in [0, 0.05) is 36.3 Å². The first-order chi connectivity index (χ1) is 14.3. The number of nitrogens with zero attached hydrogens (tertiary/aromatic N) is 3. The molecule has 8 nitrogen and oxygen atoms in total. The number of amides is 2. The molecule has 2 aromatic heterocycles. The van der Waals surface area contributed by atoms with Gasteiger partial charge in [0.1, 0.15) is 0 Å². The minimum absolute atomic E-state index is 0.0391. The predicted octanol–water partition coefficient (Wildman–Crippen LogP) is 2.77. The van der Waals surface area contributed by atoms with E-state index >= 15 is 0 Å². The molecule has 1 aliphatic rings. The van der Waals surface area contributed by atoms with Gasteiger partial charge < -0.3 is 10.2 Å². The normalized spacial score (nSPS) is 19.3. The number of nitrogens with one attached hydrogen (secondary N) is 3. The molecule has 0 radical (unpaired) electrons. The number of hydrogen-bond donors (Lipinski definition) is 3. The van der Waals surface area contributed by atoms with Crippen LogP contribution in [0.5, 0.6) is 0 Å². The van der Waals surface area contributed by atoms with E-state index in [9.17, 15) is 9.59 Å². The lowest BCUT2D eigenvalue weighted by Gasteiger charge is -2.39. The van der Waals surface area contributed by atoms with Gasteiger partial charge >= 0.3 is 0 Å². The van der Waals surface area contributed by atoms with E-state index in [0.717, 1.165) is 46.3 Å². The van der Waals surface area contributed by atoms with Gasteiger partial charge in [-0.3, -0.25) is 19.8 Å². The molecule has 1 fully saturated rings. The molecular formula is C22H28N6O2. The molecular weight excluding hydrogens is 380 g/mol. The van der Waals surface area contributed by atoms with Crippen LogP contribution in [0, 0.1) is 26.2 Å². The summed E-state index contributed by atoms with van der Waals surface area (Å²) in [5.41, 5.74) is 4.55. The average molecular weight is 409 g/mol. The van der Waals surface area contributed by atoms with Crippen molar-refractivity contribution in [2.45, 2.75) is 47.1 Å². The number of carbonyl (C=O) groups excluding carboxylic acids is 2. The van der Waals surface area contributed by atoms with Crippen LogP contribution in [0.15, 0.2) is 18.2 Å². The Bertz CT molecular complexity index is 1090. The first-order valence-corrected chi connectivity index (χ1v) is 10.3. The number of H-pyrrole nitrogens is 2.